The number of cyclic esters (lactones) is 1. The second-order valence-corrected chi connectivity index (χ2v) is 17.1. The third-order valence-corrected chi connectivity index (χ3v) is 12.3. The number of carbonyl (C=O) groups is 3. The maximum atomic E-state index is 14.3. The Morgan fingerprint density at radius 1 is 0.981 bits per heavy atom. The number of nitrogens with zero attached hydrogens (tertiary/aromatic N) is 1. The summed E-state index contributed by atoms with van der Waals surface area (Å²) in [6, 6.07) is -0.976. The molecule has 0 saturated carbocycles. The molecular weight excluding hydrogens is 692 g/mol. The van der Waals surface area contributed by atoms with E-state index in [1.54, 1.807) is 27.9 Å². The predicted molar refractivity (Wildman–Crippen MR) is 209 cm³/mol. The van der Waals surface area contributed by atoms with E-state index < -0.39 is 65.7 Å². The van der Waals surface area contributed by atoms with E-state index in [4.69, 9.17) is 23.7 Å². The maximum absolute atomic E-state index is 14.3. The number of rotatable bonds is 16. The minimum absolute atomic E-state index is 0.0255. The Morgan fingerprint density at radius 2 is 1.63 bits per heavy atom. The van der Waals surface area contributed by atoms with E-state index in [-0.39, 0.29) is 29.9 Å². The number of aliphatic hydroxyl groups is 1. The molecular formula is C41H76N4O9. The molecule has 0 bridgehead atoms. The van der Waals surface area contributed by atoms with Gasteiger partial charge in [-0.1, -0.05) is 72.6 Å². The maximum Gasteiger partial charge on any atom is 0.408 e. The monoisotopic (exact) mass is 769 g/mol. The number of Topliss-reactive ketones (excluding diaryl/α,β-unsaturated/α-hetero) is 1. The molecule has 4 N–H and O–H groups in total. The lowest BCUT2D eigenvalue weighted by Gasteiger charge is -2.47. The normalized spacial score (nSPS) is 38.6. The first kappa shape index (κ1) is 46.5. The number of unbranched alkanes of at least 4 members (excludes halogenated alkanes) is 7. The van der Waals surface area contributed by atoms with E-state index in [2.05, 4.69) is 29.8 Å². The minimum Gasteiger partial charge on any atom is -0.458 e. The molecule has 0 aromatic carbocycles. The molecule has 3 saturated heterocycles. The number of amides is 1. The highest BCUT2D eigenvalue weighted by Gasteiger charge is 2.55. The Balaban J connectivity index is 1.84. The molecule has 3 fully saturated rings. The van der Waals surface area contributed by atoms with Crippen molar-refractivity contribution in [2.75, 3.05) is 40.8 Å². The summed E-state index contributed by atoms with van der Waals surface area (Å²) in [6.45, 7) is 17.2. The van der Waals surface area contributed by atoms with Crippen LogP contribution in [0, 0.1) is 17.8 Å². The summed E-state index contributed by atoms with van der Waals surface area (Å²) >= 11 is 0. The van der Waals surface area contributed by atoms with Crippen molar-refractivity contribution in [3.63, 3.8) is 0 Å². The zero-order chi connectivity index (χ0) is 40.2. The van der Waals surface area contributed by atoms with Crippen LogP contribution in [0.3, 0.4) is 0 Å². The van der Waals surface area contributed by atoms with Crippen LogP contribution >= 0.6 is 0 Å². The fraction of sp³-hybridized carbons (Fsp3) is 0.927. The Hall–Kier alpha value is -1.87. The molecule has 1 amide bonds. The van der Waals surface area contributed by atoms with Gasteiger partial charge in [-0.25, -0.2) is 4.79 Å². The van der Waals surface area contributed by atoms with E-state index >= 15 is 0 Å². The summed E-state index contributed by atoms with van der Waals surface area (Å²) in [5, 5.41) is 21.7. The quantitative estimate of drug-likeness (QED) is 0.0953. The van der Waals surface area contributed by atoms with Crippen molar-refractivity contribution in [1.29, 1.82) is 0 Å². The molecule has 0 aromatic heterocycles. The lowest BCUT2D eigenvalue weighted by Crippen LogP contribution is -2.60. The fourth-order valence-electron chi connectivity index (χ4n) is 8.80. The topological polar surface area (TPSA) is 157 Å². The SMILES string of the molecule is CCCCCCCCCCNC[C@@H]1CC(N(C)C)C(O)[C@H](O[C@@H]2[C@@H](C)C(=O)C(C)C(=O)O[C@@H](CC)[C@@]3(C)OC(=O)N[C@@H]3[C@@H](C)NC[C@H](C)C[C@@]2(C)OC)O1. The number of esters is 1. The summed E-state index contributed by atoms with van der Waals surface area (Å²) in [5.74, 6) is -3.04. The number of hydrogen-bond donors (Lipinski definition) is 4. The van der Waals surface area contributed by atoms with Gasteiger partial charge in [-0.05, 0) is 86.5 Å². The second-order valence-electron chi connectivity index (χ2n) is 17.1. The summed E-state index contributed by atoms with van der Waals surface area (Å²) in [4.78, 5) is 42.6. The standard InChI is InChI=1S/C41H76N4O9/c1-12-14-15-16-17-18-19-20-21-42-25-30-22-31(45(9)10)34(47)38(51-30)53-36-27(4)33(46)28(5)37(48)52-32(13-2)41(8)35(44-39(49)54-41)29(6)43-24-26(3)23-40(36,7)50-11/h26-32,34-36,38,42-43,47H,12-25H2,1-11H3,(H,44,49)/t26-,27+,28?,29-,30+,31?,32+,34?,35-,36-,38+,40-,41-/m1/s1. The third-order valence-electron chi connectivity index (χ3n) is 12.3. The molecule has 0 radical (unpaired) electrons. The molecule has 0 aliphatic carbocycles. The summed E-state index contributed by atoms with van der Waals surface area (Å²) in [7, 11) is 5.48. The van der Waals surface area contributed by atoms with Crippen LogP contribution in [0.4, 0.5) is 4.79 Å². The highest BCUT2D eigenvalue weighted by atomic mass is 16.7. The van der Waals surface area contributed by atoms with Gasteiger partial charge in [0.25, 0.3) is 0 Å². The molecule has 13 atom stereocenters. The van der Waals surface area contributed by atoms with Gasteiger partial charge in [-0.2, -0.15) is 0 Å². The van der Waals surface area contributed by atoms with Gasteiger partial charge < -0.3 is 49.6 Å². The fourth-order valence-corrected chi connectivity index (χ4v) is 8.80. The number of ether oxygens (including phenoxy) is 5. The van der Waals surface area contributed by atoms with Crippen molar-refractivity contribution < 1.29 is 43.2 Å². The molecule has 54 heavy (non-hydrogen) atoms. The zero-order valence-corrected chi connectivity index (χ0v) is 35.4. The van der Waals surface area contributed by atoms with Crippen LogP contribution in [0.2, 0.25) is 0 Å². The van der Waals surface area contributed by atoms with Crippen LogP contribution in [-0.2, 0) is 33.3 Å². The Morgan fingerprint density at radius 3 is 2.24 bits per heavy atom. The molecule has 314 valence electrons. The molecule has 3 heterocycles. The number of fused-ring (bicyclic) bond motifs is 1. The van der Waals surface area contributed by atoms with E-state index in [1.807, 2.05) is 39.8 Å². The van der Waals surface area contributed by atoms with Crippen LogP contribution in [0.1, 0.15) is 126 Å². The van der Waals surface area contributed by atoms with Crippen LogP contribution in [0.25, 0.3) is 0 Å². The molecule has 3 aliphatic rings. The van der Waals surface area contributed by atoms with Gasteiger partial charge in [0.1, 0.15) is 18.1 Å². The van der Waals surface area contributed by atoms with Crippen molar-refractivity contribution in [3.8, 4) is 0 Å². The lowest BCUT2D eigenvalue weighted by atomic mass is 9.78. The number of ketones is 1. The number of alkyl carbamates (subject to hydrolysis) is 1. The largest absolute Gasteiger partial charge is 0.458 e. The molecule has 0 aromatic rings. The second kappa shape index (κ2) is 21.6. The van der Waals surface area contributed by atoms with Crippen molar-refractivity contribution in [2.45, 2.75) is 186 Å². The van der Waals surface area contributed by atoms with E-state index in [0.29, 0.717) is 32.4 Å². The zero-order valence-electron chi connectivity index (χ0n) is 35.4. The highest BCUT2D eigenvalue weighted by molar-refractivity contribution is 6.00. The summed E-state index contributed by atoms with van der Waals surface area (Å²) in [6.07, 6.45) is 7.01. The van der Waals surface area contributed by atoms with Crippen molar-refractivity contribution in [2.24, 2.45) is 17.8 Å². The summed E-state index contributed by atoms with van der Waals surface area (Å²) in [5.41, 5.74) is -2.18. The number of carbonyl (C=O) groups excluding carboxylic acids is 3. The number of nitrogens with one attached hydrogen (secondary N) is 3. The van der Waals surface area contributed by atoms with Gasteiger partial charge in [-0.15, -0.1) is 0 Å². The van der Waals surface area contributed by atoms with Crippen LogP contribution in [0.15, 0.2) is 0 Å². The molecule has 13 heteroatoms. The van der Waals surface area contributed by atoms with Gasteiger partial charge in [0.15, 0.2) is 17.7 Å². The predicted octanol–water partition coefficient (Wildman–Crippen LogP) is 4.96. The van der Waals surface area contributed by atoms with Gasteiger partial charge in [0.05, 0.1) is 23.9 Å². The first-order chi connectivity index (χ1) is 25.5. The van der Waals surface area contributed by atoms with Gasteiger partial charge in [-0.3, -0.25) is 9.59 Å². The minimum atomic E-state index is -1.16. The number of methoxy groups -OCH3 is 1. The molecule has 0 spiro atoms. The number of aliphatic hydroxyl groups excluding tert-OH is 1. The van der Waals surface area contributed by atoms with Crippen molar-refractivity contribution in [1.82, 2.24) is 20.9 Å². The number of hydrogen-bond acceptors (Lipinski definition) is 12. The summed E-state index contributed by atoms with van der Waals surface area (Å²) < 4.78 is 31.4. The van der Waals surface area contributed by atoms with E-state index in [0.717, 1.165) is 13.0 Å². The van der Waals surface area contributed by atoms with Gasteiger partial charge >= 0.3 is 12.1 Å². The molecule has 3 rings (SSSR count). The average Bonchev–Trinajstić information content (AvgIpc) is 3.45. The lowest BCUT2D eigenvalue weighted by molar-refractivity contribution is -0.297. The first-order valence-corrected chi connectivity index (χ1v) is 20.9. The first-order valence-electron chi connectivity index (χ1n) is 20.9. The Bertz CT molecular complexity index is 1180. The number of likely N-dealkylation sites (N-methyl/N-ethyl adjacent to an activating group) is 1. The third kappa shape index (κ3) is 12.1. The van der Waals surface area contributed by atoms with Gasteiger partial charge in [0, 0.05) is 31.7 Å². The van der Waals surface area contributed by atoms with Crippen molar-refractivity contribution in [3.05, 3.63) is 0 Å². The smallest absolute Gasteiger partial charge is 0.408 e. The van der Waals surface area contributed by atoms with Gasteiger partial charge in [0.2, 0.25) is 0 Å². The average molecular weight is 769 g/mol. The van der Waals surface area contributed by atoms with Crippen molar-refractivity contribution >= 4 is 17.8 Å². The van der Waals surface area contributed by atoms with Crippen LogP contribution < -0.4 is 16.0 Å². The highest BCUT2D eigenvalue weighted by Crippen LogP contribution is 2.37. The van der Waals surface area contributed by atoms with E-state index in [9.17, 15) is 19.5 Å². The molecule has 13 nitrogen and oxygen atoms in total. The van der Waals surface area contributed by atoms with Crippen LogP contribution in [-0.4, -0.2) is 129 Å². The van der Waals surface area contributed by atoms with E-state index in [1.165, 1.54) is 44.9 Å². The molecule has 3 aliphatic heterocycles. The Labute approximate surface area is 326 Å². The molecule has 3 unspecified atom stereocenters. The van der Waals surface area contributed by atoms with Crippen LogP contribution in [0.5, 0.6) is 0 Å². The Kier molecular flexibility index (Phi) is 18.6.